The van der Waals surface area contributed by atoms with Crippen molar-refractivity contribution in [2.45, 2.75) is 26.2 Å². The largest absolute Gasteiger partial charge is 0.382 e. The average molecular weight is 206 g/mol. The molecule has 4 nitrogen and oxygen atoms in total. The van der Waals surface area contributed by atoms with Crippen molar-refractivity contribution in [3.05, 3.63) is 29.9 Å². The Morgan fingerprint density at radius 2 is 2.40 bits per heavy atom. The molecule has 3 N–H and O–H groups in total. The lowest BCUT2D eigenvalue weighted by Gasteiger charge is -2.03. The van der Waals surface area contributed by atoms with E-state index in [4.69, 9.17) is 11.1 Å². The number of allylic oxidation sites excluding steroid dienone is 2. The van der Waals surface area contributed by atoms with Gasteiger partial charge in [-0.3, -0.25) is 5.41 Å². The van der Waals surface area contributed by atoms with E-state index in [1.807, 2.05) is 18.5 Å². The highest BCUT2D eigenvalue weighted by molar-refractivity contribution is 5.94. The maximum Gasteiger partial charge on any atom is 0.143 e. The number of rotatable bonds is 5. The Balaban J connectivity index is 2.66. The summed E-state index contributed by atoms with van der Waals surface area (Å²) in [6.07, 6.45) is 8.93. The van der Waals surface area contributed by atoms with Gasteiger partial charge in [0.05, 0.1) is 6.33 Å². The predicted molar refractivity (Wildman–Crippen MR) is 62.0 cm³/mol. The number of unbranched alkanes of at least 4 members (excludes halogenated alkanes) is 1. The van der Waals surface area contributed by atoms with Crippen LogP contribution in [-0.4, -0.2) is 15.4 Å². The van der Waals surface area contributed by atoms with Gasteiger partial charge in [0, 0.05) is 12.7 Å². The number of aryl methyl sites for hydroxylation is 1. The molecule has 0 radical (unpaired) electrons. The van der Waals surface area contributed by atoms with Crippen LogP contribution in [0.3, 0.4) is 0 Å². The van der Waals surface area contributed by atoms with Gasteiger partial charge in [0.25, 0.3) is 0 Å². The molecule has 1 aromatic rings. The second kappa shape index (κ2) is 5.34. The van der Waals surface area contributed by atoms with E-state index >= 15 is 0 Å². The normalized spacial score (nSPS) is 11.1. The number of hydrogen-bond acceptors (Lipinski definition) is 2. The molecule has 82 valence electrons. The van der Waals surface area contributed by atoms with E-state index in [0.717, 1.165) is 25.0 Å². The maximum atomic E-state index is 7.39. The molecule has 15 heavy (non-hydrogen) atoms. The molecule has 0 aliphatic carbocycles. The van der Waals surface area contributed by atoms with E-state index in [0.29, 0.717) is 5.69 Å². The highest BCUT2D eigenvalue weighted by Gasteiger charge is 2.10. The van der Waals surface area contributed by atoms with E-state index in [1.54, 1.807) is 6.33 Å². The first kappa shape index (κ1) is 11.5. The van der Waals surface area contributed by atoms with Crippen molar-refractivity contribution in [3.63, 3.8) is 0 Å². The van der Waals surface area contributed by atoms with E-state index < -0.39 is 0 Å². The van der Waals surface area contributed by atoms with Gasteiger partial charge in [-0.05, 0) is 26.2 Å². The van der Waals surface area contributed by atoms with Crippen LogP contribution in [0, 0.1) is 5.41 Å². The van der Waals surface area contributed by atoms with Crippen LogP contribution < -0.4 is 5.73 Å². The smallest absolute Gasteiger partial charge is 0.143 e. The summed E-state index contributed by atoms with van der Waals surface area (Å²) < 4.78 is 1.94. The molecule has 0 spiro atoms. The Labute approximate surface area is 90.3 Å². The van der Waals surface area contributed by atoms with Crippen molar-refractivity contribution in [1.82, 2.24) is 9.55 Å². The van der Waals surface area contributed by atoms with Gasteiger partial charge in [-0.2, -0.15) is 0 Å². The quantitative estimate of drug-likeness (QED) is 0.332. The first-order valence-electron chi connectivity index (χ1n) is 5.12. The lowest BCUT2D eigenvalue weighted by Crippen LogP contribution is -2.15. The molecule has 0 saturated carbocycles. The van der Waals surface area contributed by atoms with Crippen LogP contribution >= 0.6 is 0 Å². The van der Waals surface area contributed by atoms with Crippen LogP contribution in [0.5, 0.6) is 0 Å². The third-order valence-electron chi connectivity index (χ3n) is 2.33. The maximum absolute atomic E-state index is 7.39. The molecule has 0 atom stereocenters. The third-order valence-corrected chi connectivity index (χ3v) is 2.33. The van der Waals surface area contributed by atoms with Crippen LogP contribution in [0.2, 0.25) is 0 Å². The highest BCUT2D eigenvalue weighted by atomic mass is 15.0. The summed E-state index contributed by atoms with van der Waals surface area (Å²) in [6.45, 7) is 2.02. The number of nitrogens with zero attached hydrogens (tertiary/aromatic N) is 2. The Hall–Kier alpha value is -1.58. The van der Waals surface area contributed by atoms with E-state index in [-0.39, 0.29) is 5.84 Å². The number of aromatic nitrogens is 2. The predicted octanol–water partition coefficient (Wildman–Crippen LogP) is 1.60. The zero-order valence-electron chi connectivity index (χ0n) is 9.33. The van der Waals surface area contributed by atoms with Crippen molar-refractivity contribution in [1.29, 1.82) is 5.41 Å². The van der Waals surface area contributed by atoms with Crippen LogP contribution in [-0.2, 0) is 13.5 Å². The minimum absolute atomic E-state index is 0.0524. The topological polar surface area (TPSA) is 67.7 Å². The van der Waals surface area contributed by atoms with Crippen molar-refractivity contribution >= 4 is 5.84 Å². The summed E-state index contributed by atoms with van der Waals surface area (Å²) in [5.74, 6) is 0.0524. The standard InChI is InChI=1S/C11H18N4/c1-3-4-5-6-7-9-10(11(12)13)14-8-15(9)2/h3-4,8H,5-7H2,1-2H3,(H3,12,13)/b4-3+. The van der Waals surface area contributed by atoms with Gasteiger partial charge in [-0.25, -0.2) is 4.98 Å². The molecule has 0 aliphatic rings. The zero-order chi connectivity index (χ0) is 11.3. The molecule has 1 aromatic heterocycles. The number of amidine groups is 1. The van der Waals surface area contributed by atoms with Gasteiger partial charge in [0.2, 0.25) is 0 Å². The van der Waals surface area contributed by atoms with Crippen LogP contribution in [0.25, 0.3) is 0 Å². The Morgan fingerprint density at radius 1 is 1.67 bits per heavy atom. The molecular formula is C11H18N4. The van der Waals surface area contributed by atoms with Crippen LogP contribution in [0.15, 0.2) is 18.5 Å². The number of nitrogens with two attached hydrogens (primary N) is 1. The number of hydrogen-bond donors (Lipinski definition) is 2. The second-order valence-electron chi connectivity index (χ2n) is 3.53. The second-order valence-corrected chi connectivity index (χ2v) is 3.53. The molecule has 1 rings (SSSR count). The van der Waals surface area contributed by atoms with Crippen LogP contribution in [0.1, 0.15) is 31.2 Å². The molecule has 0 amide bonds. The number of nitrogen functional groups attached to an aromatic ring is 1. The Morgan fingerprint density at radius 3 is 3.00 bits per heavy atom. The van der Waals surface area contributed by atoms with Gasteiger partial charge in [0.1, 0.15) is 11.5 Å². The molecule has 0 saturated heterocycles. The van der Waals surface area contributed by atoms with E-state index in [9.17, 15) is 0 Å². The molecule has 0 bridgehead atoms. The fourth-order valence-electron chi connectivity index (χ4n) is 1.53. The molecule has 0 unspecified atom stereocenters. The highest BCUT2D eigenvalue weighted by Crippen LogP contribution is 2.09. The Bertz CT molecular complexity index is 363. The van der Waals surface area contributed by atoms with Crippen molar-refractivity contribution in [3.8, 4) is 0 Å². The lowest BCUT2D eigenvalue weighted by molar-refractivity contribution is 0.754. The zero-order valence-corrected chi connectivity index (χ0v) is 9.33. The first-order valence-corrected chi connectivity index (χ1v) is 5.12. The van der Waals surface area contributed by atoms with Gasteiger partial charge in [0.15, 0.2) is 0 Å². The lowest BCUT2D eigenvalue weighted by atomic mass is 10.1. The summed E-state index contributed by atoms with van der Waals surface area (Å²) in [4.78, 5) is 4.11. The van der Waals surface area contributed by atoms with Crippen LogP contribution in [0.4, 0.5) is 0 Å². The van der Waals surface area contributed by atoms with Gasteiger partial charge < -0.3 is 10.3 Å². The summed E-state index contributed by atoms with van der Waals surface area (Å²) in [5, 5.41) is 7.39. The Kier molecular flexibility index (Phi) is 4.09. The molecule has 0 fully saturated rings. The number of nitrogens with one attached hydrogen (secondary N) is 1. The fourth-order valence-corrected chi connectivity index (χ4v) is 1.53. The summed E-state index contributed by atoms with van der Waals surface area (Å²) >= 11 is 0. The fraction of sp³-hybridized carbons (Fsp3) is 0.455. The summed E-state index contributed by atoms with van der Waals surface area (Å²) in [7, 11) is 1.93. The SMILES string of the molecule is C/C=C/CCCc1c(C(=N)N)ncn1C. The molecule has 0 aromatic carbocycles. The minimum atomic E-state index is 0.0524. The molecule has 0 aliphatic heterocycles. The van der Waals surface area contributed by atoms with Gasteiger partial charge >= 0.3 is 0 Å². The average Bonchev–Trinajstić information content (AvgIpc) is 2.55. The summed E-state index contributed by atoms with van der Waals surface area (Å²) in [5.41, 5.74) is 7.12. The van der Waals surface area contributed by atoms with Crippen molar-refractivity contribution < 1.29 is 0 Å². The minimum Gasteiger partial charge on any atom is -0.382 e. The number of imidazole rings is 1. The van der Waals surface area contributed by atoms with E-state index in [2.05, 4.69) is 17.1 Å². The summed E-state index contributed by atoms with van der Waals surface area (Å²) in [6, 6.07) is 0. The molecule has 1 heterocycles. The molecule has 4 heteroatoms. The van der Waals surface area contributed by atoms with Crippen molar-refractivity contribution in [2.24, 2.45) is 12.8 Å². The van der Waals surface area contributed by atoms with Crippen molar-refractivity contribution in [2.75, 3.05) is 0 Å². The van der Waals surface area contributed by atoms with E-state index in [1.165, 1.54) is 0 Å². The van der Waals surface area contributed by atoms with Gasteiger partial charge in [-0.1, -0.05) is 12.2 Å². The van der Waals surface area contributed by atoms with Gasteiger partial charge in [-0.15, -0.1) is 0 Å². The monoisotopic (exact) mass is 206 g/mol. The molecular weight excluding hydrogens is 188 g/mol. The first-order chi connectivity index (χ1) is 7.16. The third kappa shape index (κ3) is 2.94.